The fraction of sp³-hybridized carbons (Fsp3) is 0.133. The molecule has 0 saturated heterocycles. The van der Waals surface area contributed by atoms with Gasteiger partial charge in [0.05, 0.1) is 23.3 Å². The Hall–Kier alpha value is -3.09. The van der Waals surface area contributed by atoms with Gasteiger partial charge in [0.2, 0.25) is 0 Å². The van der Waals surface area contributed by atoms with E-state index in [2.05, 4.69) is 15.0 Å². The third kappa shape index (κ3) is 3.51. The van der Waals surface area contributed by atoms with E-state index in [0.29, 0.717) is 11.3 Å². The third-order valence-corrected chi connectivity index (χ3v) is 2.89. The highest BCUT2D eigenvalue weighted by Gasteiger charge is 2.13. The molecule has 0 radical (unpaired) electrons. The van der Waals surface area contributed by atoms with Crippen LogP contribution in [0.3, 0.4) is 0 Å². The van der Waals surface area contributed by atoms with Crippen LogP contribution in [0.4, 0.5) is 17.1 Å². The van der Waals surface area contributed by atoms with E-state index in [1.807, 2.05) is 0 Å². The number of ether oxygens (including phenoxy) is 1. The molecule has 7 heteroatoms. The van der Waals surface area contributed by atoms with E-state index in [1.54, 1.807) is 43.3 Å². The van der Waals surface area contributed by atoms with Crippen molar-refractivity contribution in [2.75, 3.05) is 7.11 Å². The Bertz CT molecular complexity index is 739. The summed E-state index contributed by atoms with van der Waals surface area (Å²) in [5.41, 5.74) is 1.71. The van der Waals surface area contributed by atoms with Crippen molar-refractivity contribution in [1.82, 2.24) is 0 Å². The SMILES string of the molecule is COC(=O)c1ccc(N=Nc2ccc(C)cc2[N+](=O)[O-])cc1. The normalized spacial score (nSPS) is 10.6. The molecule has 2 rings (SSSR count). The highest BCUT2D eigenvalue weighted by Crippen LogP contribution is 2.29. The maximum Gasteiger partial charge on any atom is 0.337 e. The van der Waals surface area contributed by atoms with Gasteiger partial charge in [-0.3, -0.25) is 10.1 Å². The molecule has 7 nitrogen and oxygen atoms in total. The molecule has 0 aromatic heterocycles. The highest BCUT2D eigenvalue weighted by molar-refractivity contribution is 5.89. The van der Waals surface area contributed by atoms with Crippen LogP contribution in [0.15, 0.2) is 52.7 Å². The summed E-state index contributed by atoms with van der Waals surface area (Å²) in [5.74, 6) is -0.447. The molecular weight excluding hydrogens is 286 g/mol. The van der Waals surface area contributed by atoms with Crippen molar-refractivity contribution in [2.24, 2.45) is 10.2 Å². The standard InChI is InChI=1S/C15H13N3O4/c1-10-3-8-13(14(9-10)18(20)21)17-16-12-6-4-11(5-7-12)15(19)22-2/h3-9H,1-2H3. The van der Waals surface area contributed by atoms with Crippen LogP contribution in [0.25, 0.3) is 0 Å². The fourth-order valence-electron chi connectivity index (χ4n) is 1.76. The summed E-state index contributed by atoms with van der Waals surface area (Å²) in [6.45, 7) is 1.76. The van der Waals surface area contributed by atoms with Gasteiger partial charge < -0.3 is 4.74 Å². The molecule has 0 heterocycles. The average Bonchev–Trinajstić information content (AvgIpc) is 2.53. The first-order chi connectivity index (χ1) is 10.5. The van der Waals surface area contributed by atoms with Gasteiger partial charge in [-0.2, -0.15) is 5.11 Å². The second-order valence-corrected chi connectivity index (χ2v) is 4.49. The van der Waals surface area contributed by atoms with Crippen molar-refractivity contribution in [2.45, 2.75) is 6.92 Å². The molecule has 0 amide bonds. The lowest BCUT2D eigenvalue weighted by Crippen LogP contribution is -1.99. The summed E-state index contributed by atoms with van der Waals surface area (Å²) in [6.07, 6.45) is 0. The van der Waals surface area contributed by atoms with Gasteiger partial charge in [0.25, 0.3) is 5.69 Å². The maximum atomic E-state index is 11.3. The predicted molar refractivity (Wildman–Crippen MR) is 79.8 cm³/mol. The quantitative estimate of drug-likeness (QED) is 0.367. The largest absolute Gasteiger partial charge is 0.465 e. The summed E-state index contributed by atoms with van der Waals surface area (Å²) < 4.78 is 4.59. The molecule has 0 saturated carbocycles. The van der Waals surface area contributed by atoms with Crippen LogP contribution >= 0.6 is 0 Å². The van der Waals surface area contributed by atoms with Crippen LogP contribution in [0, 0.1) is 17.0 Å². The molecule has 2 aromatic rings. The van der Waals surface area contributed by atoms with Gasteiger partial charge in [-0.05, 0) is 42.8 Å². The number of rotatable bonds is 4. The van der Waals surface area contributed by atoms with Crippen LogP contribution in [-0.2, 0) is 4.74 Å². The first-order valence-corrected chi connectivity index (χ1v) is 6.36. The number of carbonyl (C=O) groups is 1. The number of nitro benzene ring substituents is 1. The van der Waals surface area contributed by atoms with Crippen LogP contribution < -0.4 is 0 Å². The maximum absolute atomic E-state index is 11.3. The van der Waals surface area contributed by atoms with Gasteiger partial charge in [-0.15, -0.1) is 5.11 Å². The smallest absolute Gasteiger partial charge is 0.337 e. The molecule has 0 aliphatic rings. The van der Waals surface area contributed by atoms with Crippen molar-refractivity contribution in [3.8, 4) is 0 Å². The number of azo groups is 1. The average molecular weight is 299 g/mol. The van der Waals surface area contributed by atoms with Gasteiger partial charge in [0.15, 0.2) is 5.69 Å². The fourth-order valence-corrected chi connectivity index (χ4v) is 1.76. The Morgan fingerprint density at radius 1 is 1.14 bits per heavy atom. The number of benzene rings is 2. The van der Waals surface area contributed by atoms with Gasteiger partial charge in [-0.1, -0.05) is 6.07 Å². The van der Waals surface area contributed by atoms with Gasteiger partial charge in [-0.25, -0.2) is 4.79 Å². The van der Waals surface area contributed by atoms with E-state index in [1.165, 1.54) is 13.2 Å². The van der Waals surface area contributed by atoms with Gasteiger partial charge in [0, 0.05) is 6.07 Å². The van der Waals surface area contributed by atoms with E-state index in [4.69, 9.17) is 0 Å². The van der Waals surface area contributed by atoms with Crippen LogP contribution in [0.1, 0.15) is 15.9 Å². The Balaban J connectivity index is 2.25. The van der Waals surface area contributed by atoms with E-state index in [9.17, 15) is 14.9 Å². The molecule has 0 bridgehead atoms. The monoisotopic (exact) mass is 299 g/mol. The minimum atomic E-state index is -0.498. The van der Waals surface area contributed by atoms with Crippen LogP contribution in [0.5, 0.6) is 0 Å². The zero-order valence-corrected chi connectivity index (χ0v) is 12.0. The molecule has 0 spiro atoms. The number of aryl methyl sites for hydroxylation is 1. The number of carbonyl (C=O) groups excluding carboxylic acids is 1. The summed E-state index contributed by atoms with van der Waals surface area (Å²) in [7, 11) is 1.30. The van der Waals surface area contributed by atoms with Crippen molar-refractivity contribution in [3.05, 3.63) is 63.7 Å². The lowest BCUT2D eigenvalue weighted by atomic mass is 10.2. The summed E-state index contributed by atoms with van der Waals surface area (Å²) in [6, 6.07) is 11.0. The molecule has 0 unspecified atom stereocenters. The van der Waals surface area contributed by atoms with Gasteiger partial charge in [0.1, 0.15) is 0 Å². The second-order valence-electron chi connectivity index (χ2n) is 4.49. The van der Waals surface area contributed by atoms with E-state index in [-0.39, 0.29) is 11.4 Å². The molecular formula is C15H13N3O4. The number of methoxy groups -OCH3 is 1. The van der Waals surface area contributed by atoms with Crippen molar-refractivity contribution < 1.29 is 14.5 Å². The Morgan fingerprint density at radius 3 is 2.41 bits per heavy atom. The lowest BCUT2D eigenvalue weighted by molar-refractivity contribution is -0.384. The molecule has 22 heavy (non-hydrogen) atoms. The number of hydrogen-bond acceptors (Lipinski definition) is 6. The second kappa shape index (κ2) is 6.57. The van der Waals surface area contributed by atoms with E-state index < -0.39 is 10.9 Å². The Kier molecular flexibility index (Phi) is 4.57. The van der Waals surface area contributed by atoms with Crippen LogP contribution in [0.2, 0.25) is 0 Å². The zero-order valence-electron chi connectivity index (χ0n) is 12.0. The minimum absolute atomic E-state index is 0.102. The number of nitrogens with zero attached hydrogens (tertiary/aromatic N) is 3. The number of nitro groups is 1. The summed E-state index contributed by atoms with van der Waals surface area (Å²) >= 11 is 0. The first-order valence-electron chi connectivity index (χ1n) is 6.36. The highest BCUT2D eigenvalue weighted by atomic mass is 16.6. The third-order valence-electron chi connectivity index (χ3n) is 2.89. The zero-order chi connectivity index (χ0) is 16.1. The summed E-state index contributed by atoms with van der Waals surface area (Å²) in [5, 5.41) is 18.8. The van der Waals surface area contributed by atoms with Crippen molar-refractivity contribution >= 4 is 23.0 Å². The first kappa shape index (κ1) is 15.3. The molecule has 0 atom stereocenters. The van der Waals surface area contributed by atoms with Gasteiger partial charge >= 0.3 is 5.97 Å². The predicted octanol–water partition coefficient (Wildman–Crippen LogP) is 4.11. The lowest BCUT2D eigenvalue weighted by Gasteiger charge is -1.99. The number of hydrogen-bond donors (Lipinski definition) is 0. The van der Waals surface area contributed by atoms with E-state index in [0.717, 1.165) is 5.56 Å². The molecule has 2 aromatic carbocycles. The van der Waals surface area contributed by atoms with Crippen LogP contribution in [-0.4, -0.2) is 18.0 Å². The van der Waals surface area contributed by atoms with E-state index >= 15 is 0 Å². The Morgan fingerprint density at radius 2 is 1.82 bits per heavy atom. The summed E-state index contributed by atoms with van der Waals surface area (Å²) in [4.78, 5) is 21.8. The molecule has 112 valence electrons. The molecule has 0 N–H and O–H groups in total. The number of esters is 1. The molecule has 0 aliphatic carbocycles. The molecule has 0 aliphatic heterocycles. The topological polar surface area (TPSA) is 94.2 Å². The van der Waals surface area contributed by atoms with Crippen molar-refractivity contribution in [1.29, 1.82) is 0 Å². The molecule has 0 fully saturated rings. The Labute approximate surface area is 126 Å². The van der Waals surface area contributed by atoms with Crippen molar-refractivity contribution in [3.63, 3.8) is 0 Å². The minimum Gasteiger partial charge on any atom is -0.465 e.